The molecule has 3 nitrogen and oxygen atoms in total. The van der Waals surface area contributed by atoms with Crippen molar-refractivity contribution >= 4 is 34.2 Å². The number of benzene rings is 3. The van der Waals surface area contributed by atoms with E-state index in [-0.39, 0.29) is 26.3 Å². The highest BCUT2D eigenvalue weighted by atomic mass is 127. The van der Waals surface area contributed by atoms with E-state index in [4.69, 9.17) is 4.74 Å². The van der Waals surface area contributed by atoms with Gasteiger partial charge in [0.25, 0.3) is 5.91 Å². The Balaban J connectivity index is 1.99. The van der Waals surface area contributed by atoms with Crippen LogP contribution in [-0.4, -0.2) is 5.91 Å². The van der Waals surface area contributed by atoms with Crippen LogP contribution in [0.5, 0.6) is 11.5 Å². The summed E-state index contributed by atoms with van der Waals surface area (Å²) in [5.41, 5.74) is -0.585. The van der Waals surface area contributed by atoms with Gasteiger partial charge < -0.3 is 10.1 Å². The van der Waals surface area contributed by atoms with Gasteiger partial charge >= 0.3 is 6.18 Å². The molecule has 0 aliphatic carbocycles. The fraction of sp³-hybridized carbons (Fsp3) is 0.0952. The van der Waals surface area contributed by atoms with Crippen molar-refractivity contribution in [3.05, 3.63) is 86.5 Å². The van der Waals surface area contributed by atoms with Gasteiger partial charge in [-0.25, -0.2) is 8.78 Å². The van der Waals surface area contributed by atoms with Crippen molar-refractivity contribution < 1.29 is 31.5 Å². The zero-order valence-electron chi connectivity index (χ0n) is 15.3. The largest absolute Gasteiger partial charge is 0.456 e. The fourth-order valence-corrected chi connectivity index (χ4v) is 3.10. The highest BCUT2D eigenvalue weighted by Gasteiger charge is 2.32. The minimum absolute atomic E-state index is 0.0982. The van der Waals surface area contributed by atoms with Gasteiger partial charge in [0.05, 0.1) is 14.7 Å². The summed E-state index contributed by atoms with van der Waals surface area (Å²) >= 11 is 1.75. The minimum atomic E-state index is -4.65. The summed E-state index contributed by atoms with van der Waals surface area (Å²) in [6.07, 6.45) is -4.65. The summed E-state index contributed by atoms with van der Waals surface area (Å²) in [6.45, 7) is 1.52. The molecule has 0 unspecified atom stereocenters. The molecular weight excluding hydrogens is 520 g/mol. The molecule has 0 bridgehead atoms. The van der Waals surface area contributed by atoms with Gasteiger partial charge in [-0.15, -0.1) is 0 Å². The minimum Gasteiger partial charge on any atom is -0.456 e. The lowest BCUT2D eigenvalue weighted by Crippen LogP contribution is -2.15. The molecule has 1 N–H and O–H groups in total. The molecule has 0 heterocycles. The van der Waals surface area contributed by atoms with Gasteiger partial charge in [-0.05, 0) is 89.7 Å². The second-order valence-electron chi connectivity index (χ2n) is 6.30. The van der Waals surface area contributed by atoms with Gasteiger partial charge in [0.2, 0.25) is 0 Å². The molecular formula is C21H13F5INO2. The summed E-state index contributed by atoms with van der Waals surface area (Å²) in [4.78, 5) is 12.7. The van der Waals surface area contributed by atoms with E-state index in [1.54, 1.807) is 22.6 Å². The van der Waals surface area contributed by atoms with Crippen LogP contribution in [0.1, 0.15) is 21.5 Å². The second-order valence-corrected chi connectivity index (χ2v) is 7.47. The molecule has 9 heteroatoms. The number of amides is 1. The number of aryl methyl sites for hydroxylation is 1. The number of ether oxygens (including phenoxy) is 1. The van der Waals surface area contributed by atoms with Crippen molar-refractivity contribution in [2.24, 2.45) is 0 Å². The number of anilines is 1. The van der Waals surface area contributed by atoms with Crippen LogP contribution < -0.4 is 10.1 Å². The van der Waals surface area contributed by atoms with E-state index in [1.807, 2.05) is 0 Å². The van der Waals surface area contributed by atoms with Crippen molar-refractivity contribution in [3.8, 4) is 11.5 Å². The fourth-order valence-electron chi connectivity index (χ4n) is 2.59. The van der Waals surface area contributed by atoms with Crippen molar-refractivity contribution in [1.82, 2.24) is 0 Å². The van der Waals surface area contributed by atoms with E-state index < -0.39 is 29.3 Å². The highest BCUT2D eigenvalue weighted by Crippen LogP contribution is 2.36. The number of hydrogen-bond donors (Lipinski definition) is 1. The predicted molar refractivity (Wildman–Crippen MR) is 110 cm³/mol. The molecule has 0 atom stereocenters. The maximum atomic E-state index is 13.4. The predicted octanol–water partition coefficient (Wildman–Crippen LogP) is 6.94. The zero-order chi connectivity index (χ0) is 22.1. The third-order valence-electron chi connectivity index (χ3n) is 4.09. The van der Waals surface area contributed by atoms with Gasteiger partial charge in [-0.3, -0.25) is 4.79 Å². The number of carbonyl (C=O) groups is 1. The van der Waals surface area contributed by atoms with E-state index in [0.717, 1.165) is 30.3 Å². The van der Waals surface area contributed by atoms with E-state index in [2.05, 4.69) is 5.32 Å². The second kappa shape index (κ2) is 8.58. The number of carbonyl (C=O) groups excluding carboxylic acids is 1. The third kappa shape index (κ3) is 5.07. The smallest absolute Gasteiger partial charge is 0.416 e. The van der Waals surface area contributed by atoms with Crippen LogP contribution in [0, 0.1) is 22.1 Å². The number of nitrogens with one attached hydrogen (secondary N) is 1. The van der Waals surface area contributed by atoms with Gasteiger partial charge in [0, 0.05) is 5.69 Å². The molecule has 0 spiro atoms. The van der Waals surface area contributed by atoms with E-state index in [1.165, 1.54) is 25.1 Å². The Hall–Kier alpha value is -2.69. The molecule has 156 valence electrons. The van der Waals surface area contributed by atoms with Gasteiger partial charge in [-0.1, -0.05) is 0 Å². The van der Waals surface area contributed by atoms with Crippen LogP contribution in [0.15, 0.2) is 54.6 Å². The van der Waals surface area contributed by atoms with E-state index in [0.29, 0.717) is 11.6 Å². The monoisotopic (exact) mass is 533 g/mol. The van der Waals surface area contributed by atoms with Crippen molar-refractivity contribution in [1.29, 1.82) is 0 Å². The average Bonchev–Trinajstić information content (AvgIpc) is 2.66. The molecule has 30 heavy (non-hydrogen) atoms. The van der Waals surface area contributed by atoms with Crippen LogP contribution in [0.2, 0.25) is 0 Å². The average molecular weight is 533 g/mol. The summed E-state index contributed by atoms with van der Waals surface area (Å²) < 4.78 is 72.0. The first-order valence-electron chi connectivity index (χ1n) is 8.46. The first kappa shape index (κ1) is 22.0. The van der Waals surface area contributed by atoms with Crippen LogP contribution in [0.25, 0.3) is 0 Å². The Morgan fingerprint density at radius 2 is 1.70 bits per heavy atom. The maximum Gasteiger partial charge on any atom is 0.416 e. The number of rotatable bonds is 4. The molecule has 0 aliphatic rings. The Kier molecular flexibility index (Phi) is 6.30. The third-order valence-corrected chi connectivity index (χ3v) is 4.91. The van der Waals surface area contributed by atoms with Gasteiger partial charge in [0.15, 0.2) is 0 Å². The quantitative estimate of drug-likeness (QED) is 0.292. The Bertz CT molecular complexity index is 1120. The first-order chi connectivity index (χ1) is 14.0. The SMILES string of the molecule is Cc1cc(F)ccc1Oc1cc(C(F)(F)F)ccc1C(=O)Nc1ccc(F)c(I)c1. The van der Waals surface area contributed by atoms with Crippen molar-refractivity contribution in [2.45, 2.75) is 13.1 Å². The zero-order valence-corrected chi connectivity index (χ0v) is 17.4. The van der Waals surface area contributed by atoms with E-state index >= 15 is 0 Å². The molecule has 3 aromatic rings. The normalized spacial score (nSPS) is 11.3. The van der Waals surface area contributed by atoms with Crippen LogP contribution in [-0.2, 0) is 6.18 Å². The molecule has 1 amide bonds. The number of hydrogen-bond acceptors (Lipinski definition) is 2. The lowest BCUT2D eigenvalue weighted by atomic mass is 10.1. The maximum absolute atomic E-state index is 13.4. The van der Waals surface area contributed by atoms with Crippen LogP contribution >= 0.6 is 22.6 Å². The van der Waals surface area contributed by atoms with Crippen molar-refractivity contribution in [3.63, 3.8) is 0 Å². The number of alkyl halides is 3. The van der Waals surface area contributed by atoms with Gasteiger partial charge in [0.1, 0.15) is 23.1 Å². The summed E-state index contributed by atoms with van der Waals surface area (Å²) in [5.74, 6) is -2.01. The van der Waals surface area contributed by atoms with Crippen LogP contribution in [0.3, 0.4) is 0 Å². The Labute approximate surface area is 182 Å². The lowest BCUT2D eigenvalue weighted by Gasteiger charge is -2.16. The Morgan fingerprint density at radius 1 is 0.967 bits per heavy atom. The molecule has 0 fully saturated rings. The van der Waals surface area contributed by atoms with Gasteiger partial charge in [-0.2, -0.15) is 13.2 Å². The Morgan fingerprint density at radius 3 is 2.33 bits per heavy atom. The molecule has 0 radical (unpaired) electrons. The topological polar surface area (TPSA) is 38.3 Å². The molecule has 0 saturated heterocycles. The summed E-state index contributed by atoms with van der Waals surface area (Å²) in [6, 6.07) is 9.81. The molecule has 0 aromatic heterocycles. The summed E-state index contributed by atoms with van der Waals surface area (Å²) in [7, 11) is 0. The van der Waals surface area contributed by atoms with Crippen LogP contribution in [0.4, 0.5) is 27.6 Å². The molecule has 3 rings (SSSR count). The standard InChI is InChI=1S/C21H13F5INO2/c1-11-8-13(22)3-7-18(11)30-19-9-12(21(24,25)26)2-5-15(19)20(29)28-14-4-6-16(23)17(27)10-14/h2-10H,1H3,(H,28,29). The first-order valence-corrected chi connectivity index (χ1v) is 9.54. The van der Waals surface area contributed by atoms with E-state index in [9.17, 15) is 26.7 Å². The lowest BCUT2D eigenvalue weighted by molar-refractivity contribution is -0.137. The highest BCUT2D eigenvalue weighted by molar-refractivity contribution is 14.1. The summed E-state index contributed by atoms with van der Waals surface area (Å²) in [5, 5.41) is 2.50. The molecule has 0 saturated carbocycles. The number of halogens is 6. The molecule has 3 aromatic carbocycles. The molecule has 0 aliphatic heterocycles. The van der Waals surface area contributed by atoms with Crippen molar-refractivity contribution in [2.75, 3.05) is 5.32 Å².